The number of rotatable bonds is 9. The lowest BCUT2D eigenvalue weighted by Crippen LogP contribution is -2.17. The minimum Gasteiger partial charge on any atom is -0.491 e. The SMILES string of the molecule is C=CCCCCCC(O)COc1ccccc1. The van der Waals surface area contributed by atoms with E-state index in [0.717, 1.165) is 37.9 Å². The number of aliphatic hydroxyl groups is 1. The van der Waals surface area contributed by atoms with E-state index in [9.17, 15) is 5.11 Å². The van der Waals surface area contributed by atoms with Gasteiger partial charge in [0.25, 0.3) is 0 Å². The molecule has 0 aliphatic rings. The number of aliphatic hydroxyl groups excluding tert-OH is 1. The van der Waals surface area contributed by atoms with Crippen LogP contribution in [-0.2, 0) is 0 Å². The first kappa shape index (κ1) is 13.8. The summed E-state index contributed by atoms with van der Waals surface area (Å²) in [4.78, 5) is 0. The van der Waals surface area contributed by atoms with E-state index in [-0.39, 0.29) is 6.10 Å². The average Bonchev–Trinajstić information content (AvgIpc) is 2.37. The minimum absolute atomic E-state index is 0.362. The van der Waals surface area contributed by atoms with Crippen LogP contribution in [0.4, 0.5) is 0 Å². The van der Waals surface area contributed by atoms with Gasteiger partial charge in [-0.25, -0.2) is 0 Å². The Morgan fingerprint density at radius 2 is 1.94 bits per heavy atom. The molecular formula is C15H22O2. The monoisotopic (exact) mass is 234 g/mol. The summed E-state index contributed by atoms with van der Waals surface area (Å²) in [6, 6.07) is 9.60. The van der Waals surface area contributed by atoms with Crippen LogP contribution in [0.15, 0.2) is 43.0 Å². The molecule has 0 aromatic heterocycles. The maximum Gasteiger partial charge on any atom is 0.119 e. The molecule has 0 saturated carbocycles. The number of benzene rings is 1. The first-order chi connectivity index (χ1) is 8.33. The molecule has 1 atom stereocenters. The van der Waals surface area contributed by atoms with Crippen molar-refractivity contribution in [3.05, 3.63) is 43.0 Å². The molecule has 1 N–H and O–H groups in total. The van der Waals surface area contributed by atoms with Gasteiger partial charge in [0.1, 0.15) is 12.4 Å². The van der Waals surface area contributed by atoms with Gasteiger partial charge in [0, 0.05) is 0 Å². The summed E-state index contributed by atoms with van der Waals surface area (Å²) in [6.45, 7) is 4.07. The smallest absolute Gasteiger partial charge is 0.119 e. The van der Waals surface area contributed by atoms with Gasteiger partial charge < -0.3 is 9.84 Å². The van der Waals surface area contributed by atoms with E-state index in [2.05, 4.69) is 6.58 Å². The molecule has 1 aromatic rings. The van der Waals surface area contributed by atoms with Crippen LogP contribution >= 0.6 is 0 Å². The molecular weight excluding hydrogens is 212 g/mol. The molecule has 2 nitrogen and oxygen atoms in total. The number of para-hydroxylation sites is 1. The third-order valence-electron chi connectivity index (χ3n) is 2.63. The maximum atomic E-state index is 9.72. The van der Waals surface area contributed by atoms with Gasteiger partial charge in [0.2, 0.25) is 0 Å². The zero-order valence-corrected chi connectivity index (χ0v) is 10.3. The third-order valence-corrected chi connectivity index (χ3v) is 2.63. The van der Waals surface area contributed by atoms with Gasteiger partial charge in [-0.2, -0.15) is 0 Å². The van der Waals surface area contributed by atoms with Crippen molar-refractivity contribution in [2.45, 2.75) is 38.2 Å². The highest BCUT2D eigenvalue weighted by Crippen LogP contribution is 2.11. The van der Waals surface area contributed by atoms with Crippen LogP contribution in [0.5, 0.6) is 5.75 Å². The van der Waals surface area contributed by atoms with Crippen LogP contribution < -0.4 is 4.74 Å². The van der Waals surface area contributed by atoms with Crippen molar-refractivity contribution in [1.29, 1.82) is 0 Å². The van der Waals surface area contributed by atoms with Gasteiger partial charge >= 0.3 is 0 Å². The molecule has 94 valence electrons. The van der Waals surface area contributed by atoms with Crippen molar-refractivity contribution in [3.8, 4) is 5.75 Å². The maximum absolute atomic E-state index is 9.72. The summed E-state index contributed by atoms with van der Waals surface area (Å²) in [5.41, 5.74) is 0. The molecule has 0 aliphatic carbocycles. The van der Waals surface area contributed by atoms with Crippen LogP contribution in [0, 0.1) is 0 Å². The van der Waals surface area contributed by atoms with E-state index >= 15 is 0 Å². The number of hydrogen-bond acceptors (Lipinski definition) is 2. The fraction of sp³-hybridized carbons (Fsp3) is 0.467. The third kappa shape index (κ3) is 6.80. The Hall–Kier alpha value is -1.28. The fourth-order valence-corrected chi connectivity index (χ4v) is 1.64. The van der Waals surface area contributed by atoms with E-state index in [1.807, 2.05) is 36.4 Å². The molecule has 17 heavy (non-hydrogen) atoms. The van der Waals surface area contributed by atoms with Crippen molar-refractivity contribution in [2.75, 3.05) is 6.61 Å². The lowest BCUT2D eigenvalue weighted by molar-refractivity contribution is 0.0975. The molecule has 1 aromatic carbocycles. The molecule has 0 fully saturated rings. The van der Waals surface area contributed by atoms with Crippen molar-refractivity contribution >= 4 is 0 Å². The molecule has 0 saturated heterocycles. The second-order valence-electron chi connectivity index (χ2n) is 4.20. The highest BCUT2D eigenvalue weighted by atomic mass is 16.5. The minimum atomic E-state index is -0.362. The summed E-state index contributed by atoms with van der Waals surface area (Å²) in [7, 11) is 0. The second-order valence-corrected chi connectivity index (χ2v) is 4.20. The fourth-order valence-electron chi connectivity index (χ4n) is 1.64. The van der Waals surface area contributed by atoms with Crippen LogP contribution in [0.25, 0.3) is 0 Å². The Balaban J connectivity index is 2.05. The molecule has 0 bridgehead atoms. The Bertz CT molecular complexity index is 295. The summed E-state index contributed by atoms with van der Waals surface area (Å²) in [6.07, 6.45) is 6.81. The standard InChI is InChI=1S/C15H22O2/c1-2-3-4-5-7-10-14(16)13-17-15-11-8-6-9-12-15/h2,6,8-9,11-12,14,16H,1,3-5,7,10,13H2. The summed E-state index contributed by atoms with van der Waals surface area (Å²) >= 11 is 0. The average molecular weight is 234 g/mol. The van der Waals surface area contributed by atoms with E-state index in [4.69, 9.17) is 4.74 Å². The van der Waals surface area contributed by atoms with E-state index in [0.29, 0.717) is 6.61 Å². The summed E-state index contributed by atoms with van der Waals surface area (Å²) in [5.74, 6) is 0.818. The highest BCUT2D eigenvalue weighted by molar-refractivity contribution is 5.20. The van der Waals surface area contributed by atoms with Crippen molar-refractivity contribution in [1.82, 2.24) is 0 Å². The van der Waals surface area contributed by atoms with Gasteiger partial charge in [0.15, 0.2) is 0 Å². The molecule has 0 radical (unpaired) electrons. The molecule has 1 unspecified atom stereocenters. The zero-order valence-electron chi connectivity index (χ0n) is 10.3. The van der Waals surface area contributed by atoms with E-state index in [1.165, 1.54) is 0 Å². The largest absolute Gasteiger partial charge is 0.491 e. The predicted molar refractivity (Wildman–Crippen MR) is 71.2 cm³/mol. The molecule has 0 spiro atoms. The Labute approximate surface area is 104 Å². The van der Waals surface area contributed by atoms with Crippen molar-refractivity contribution in [2.24, 2.45) is 0 Å². The quantitative estimate of drug-likeness (QED) is 0.523. The number of allylic oxidation sites excluding steroid dienone is 1. The van der Waals surface area contributed by atoms with Crippen LogP contribution in [0.2, 0.25) is 0 Å². The second kappa shape index (κ2) is 8.82. The normalized spacial score (nSPS) is 12.1. The molecule has 1 rings (SSSR count). The zero-order chi connectivity index (χ0) is 12.3. The number of hydrogen-bond donors (Lipinski definition) is 1. The Kier molecular flexibility index (Phi) is 7.15. The van der Waals surface area contributed by atoms with E-state index < -0.39 is 0 Å². The van der Waals surface area contributed by atoms with Gasteiger partial charge in [-0.15, -0.1) is 6.58 Å². The number of ether oxygens (including phenoxy) is 1. The van der Waals surface area contributed by atoms with Crippen LogP contribution in [0.1, 0.15) is 32.1 Å². The van der Waals surface area contributed by atoms with Gasteiger partial charge in [-0.1, -0.05) is 37.1 Å². The van der Waals surface area contributed by atoms with E-state index in [1.54, 1.807) is 0 Å². The molecule has 2 heteroatoms. The topological polar surface area (TPSA) is 29.5 Å². The Morgan fingerprint density at radius 1 is 1.18 bits per heavy atom. The number of unbranched alkanes of at least 4 members (excludes halogenated alkanes) is 3. The summed E-state index contributed by atoms with van der Waals surface area (Å²) < 4.78 is 5.48. The van der Waals surface area contributed by atoms with Crippen molar-refractivity contribution in [3.63, 3.8) is 0 Å². The van der Waals surface area contributed by atoms with Crippen LogP contribution in [0.3, 0.4) is 0 Å². The molecule has 0 aliphatic heterocycles. The summed E-state index contributed by atoms with van der Waals surface area (Å²) in [5, 5.41) is 9.72. The predicted octanol–water partition coefficient (Wildman–Crippen LogP) is 3.56. The first-order valence-corrected chi connectivity index (χ1v) is 6.29. The lowest BCUT2D eigenvalue weighted by atomic mass is 10.1. The first-order valence-electron chi connectivity index (χ1n) is 6.29. The van der Waals surface area contributed by atoms with Gasteiger partial charge in [-0.3, -0.25) is 0 Å². The molecule has 0 heterocycles. The van der Waals surface area contributed by atoms with Crippen LogP contribution in [-0.4, -0.2) is 17.8 Å². The highest BCUT2D eigenvalue weighted by Gasteiger charge is 2.04. The van der Waals surface area contributed by atoms with Gasteiger partial charge in [-0.05, 0) is 31.4 Å². The van der Waals surface area contributed by atoms with Crippen molar-refractivity contribution < 1.29 is 9.84 Å². The Morgan fingerprint density at radius 3 is 2.65 bits per heavy atom. The molecule has 0 amide bonds. The lowest BCUT2D eigenvalue weighted by Gasteiger charge is -2.11. The van der Waals surface area contributed by atoms with Gasteiger partial charge in [0.05, 0.1) is 6.10 Å².